The van der Waals surface area contributed by atoms with Crippen molar-refractivity contribution in [2.75, 3.05) is 19.7 Å². The molecule has 0 unspecified atom stereocenters. The number of rotatable bonds is 7. The molecule has 0 atom stereocenters. The van der Waals surface area contributed by atoms with Gasteiger partial charge in [-0.05, 0) is 41.5 Å². The fourth-order valence-electron chi connectivity index (χ4n) is 2.15. The van der Waals surface area contributed by atoms with Crippen molar-refractivity contribution in [3.8, 4) is 18.1 Å². The van der Waals surface area contributed by atoms with Crippen molar-refractivity contribution in [3.63, 3.8) is 0 Å². The lowest BCUT2D eigenvalue weighted by Crippen LogP contribution is -2.40. The Morgan fingerprint density at radius 1 is 1.44 bits per heavy atom. The molecule has 1 heterocycles. The first-order valence-electron chi connectivity index (χ1n) is 8.19. The molecule has 0 aliphatic carbocycles. The monoisotopic (exact) mass is 406 g/mol. The summed E-state index contributed by atoms with van der Waals surface area (Å²) in [5, 5.41) is 2.54. The second kappa shape index (κ2) is 9.49. The molecule has 1 saturated heterocycles. The zero-order chi connectivity index (χ0) is 20.0. The summed E-state index contributed by atoms with van der Waals surface area (Å²) < 4.78 is 5.28. The summed E-state index contributed by atoms with van der Waals surface area (Å²) in [6.45, 7) is 4.19. The molecule has 3 amide bonds. The molecular weight excluding hydrogens is 388 g/mol. The van der Waals surface area contributed by atoms with E-state index in [9.17, 15) is 14.4 Å². The predicted octanol–water partition coefficient (Wildman–Crippen LogP) is 3.16. The summed E-state index contributed by atoms with van der Waals surface area (Å²) in [5.41, 5.74) is 0.628. The van der Waals surface area contributed by atoms with Gasteiger partial charge in [-0.1, -0.05) is 37.4 Å². The Morgan fingerprint density at radius 2 is 2.19 bits per heavy atom. The standard InChI is InChI=1S/C19H19ClN2O4S/c1-4-7-26-15-6-5-13(8-14(15)20)9-16-18(24)22(19(25)27-16)11-17(23)21-10-12(2)3/h1,5-6,8-9,12H,7,10-11H2,2-3H3,(H,21,23)/b16-9-. The molecule has 0 saturated carbocycles. The fourth-order valence-corrected chi connectivity index (χ4v) is 3.23. The van der Waals surface area contributed by atoms with Crippen LogP contribution in [-0.2, 0) is 9.59 Å². The van der Waals surface area contributed by atoms with Crippen LogP contribution in [0.1, 0.15) is 19.4 Å². The molecule has 0 aromatic heterocycles. The number of hydrogen-bond donors (Lipinski definition) is 1. The van der Waals surface area contributed by atoms with E-state index in [1.165, 1.54) is 0 Å². The molecule has 0 bridgehead atoms. The number of thioether (sulfide) groups is 1. The van der Waals surface area contributed by atoms with Gasteiger partial charge in [-0.2, -0.15) is 0 Å². The van der Waals surface area contributed by atoms with E-state index in [-0.39, 0.29) is 29.9 Å². The molecule has 0 spiro atoms. The highest BCUT2D eigenvalue weighted by molar-refractivity contribution is 8.18. The largest absolute Gasteiger partial charge is 0.479 e. The third-order valence-corrected chi connectivity index (χ3v) is 4.65. The highest BCUT2D eigenvalue weighted by Crippen LogP contribution is 2.33. The van der Waals surface area contributed by atoms with Gasteiger partial charge in [0.25, 0.3) is 11.1 Å². The number of benzene rings is 1. The van der Waals surface area contributed by atoms with Gasteiger partial charge in [0.15, 0.2) is 0 Å². The molecule has 8 heteroatoms. The number of carbonyl (C=O) groups is 3. The number of terminal acetylenes is 1. The number of ether oxygens (including phenoxy) is 1. The summed E-state index contributed by atoms with van der Waals surface area (Å²) in [6.07, 6.45) is 6.69. The lowest BCUT2D eigenvalue weighted by Gasteiger charge is -2.13. The predicted molar refractivity (Wildman–Crippen MR) is 106 cm³/mol. The van der Waals surface area contributed by atoms with Gasteiger partial charge in [0.2, 0.25) is 5.91 Å². The maximum atomic E-state index is 12.4. The zero-order valence-electron chi connectivity index (χ0n) is 15.0. The van der Waals surface area contributed by atoms with E-state index in [0.29, 0.717) is 22.9 Å². The van der Waals surface area contributed by atoms with Gasteiger partial charge in [0.1, 0.15) is 18.9 Å². The molecule has 0 radical (unpaired) electrons. The smallest absolute Gasteiger partial charge is 0.294 e. The van der Waals surface area contributed by atoms with Crippen molar-refractivity contribution in [2.24, 2.45) is 5.92 Å². The van der Waals surface area contributed by atoms with Crippen LogP contribution < -0.4 is 10.1 Å². The van der Waals surface area contributed by atoms with Crippen molar-refractivity contribution in [1.82, 2.24) is 10.2 Å². The lowest BCUT2D eigenvalue weighted by molar-refractivity contribution is -0.129. The average molecular weight is 407 g/mol. The van der Waals surface area contributed by atoms with E-state index in [1.807, 2.05) is 13.8 Å². The third kappa shape index (κ3) is 5.78. The van der Waals surface area contributed by atoms with Crippen molar-refractivity contribution in [2.45, 2.75) is 13.8 Å². The second-order valence-electron chi connectivity index (χ2n) is 6.15. The molecular formula is C19H19ClN2O4S. The Hall–Kier alpha value is -2.43. The number of carbonyl (C=O) groups excluding carboxylic acids is 3. The van der Waals surface area contributed by atoms with Crippen LogP contribution in [0.15, 0.2) is 23.1 Å². The van der Waals surface area contributed by atoms with E-state index < -0.39 is 11.1 Å². The Bertz CT molecular complexity index is 829. The molecule has 1 aliphatic heterocycles. The highest BCUT2D eigenvalue weighted by Gasteiger charge is 2.36. The van der Waals surface area contributed by atoms with Gasteiger partial charge in [0.05, 0.1) is 9.93 Å². The summed E-state index contributed by atoms with van der Waals surface area (Å²) in [6, 6.07) is 4.94. The Morgan fingerprint density at radius 3 is 2.81 bits per heavy atom. The summed E-state index contributed by atoms with van der Waals surface area (Å²) >= 11 is 6.91. The summed E-state index contributed by atoms with van der Waals surface area (Å²) in [4.78, 5) is 37.6. The Labute approximate surface area is 167 Å². The maximum absolute atomic E-state index is 12.4. The van der Waals surface area contributed by atoms with Crippen molar-refractivity contribution in [1.29, 1.82) is 0 Å². The summed E-state index contributed by atoms with van der Waals surface area (Å²) in [5.74, 6) is 2.18. The molecule has 1 fully saturated rings. The van der Waals surface area contributed by atoms with E-state index in [2.05, 4.69) is 11.2 Å². The van der Waals surface area contributed by atoms with Crippen LogP contribution in [-0.4, -0.2) is 41.6 Å². The van der Waals surface area contributed by atoms with Crippen LogP contribution in [0.4, 0.5) is 4.79 Å². The van der Waals surface area contributed by atoms with E-state index in [0.717, 1.165) is 16.7 Å². The lowest BCUT2D eigenvalue weighted by atomic mass is 10.2. The van der Waals surface area contributed by atoms with Crippen LogP contribution in [0.2, 0.25) is 5.02 Å². The highest BCUT2D eigenvalue weighted by atomic mass is 35.5. The second-order valence-corrected chi connectivity index (χ2v) is 7.55. The maximum Gasteiger partial charge on any atom is 0.294 e. The average Bonchev–Trinajstić information content (AvgIpc) is 2.87. The SMILES string of the molecule is C#CCOc1ccc(/C=C2\SC(=O)N(CC(=O)NCC(C)C)C2=O)cc1Cl. The van der Waals surface area contributed by atoms with Crippen molar-refractivity contribution in [3.05, 3.63) is 33.7 Å². The molecule has 142 valence electrons. The number of halogens is 1. The number of amides is 3. The van der Waals surface area contributed by atoms with Crippen LogP contribution in [0.3, 0.4) is 0 Å². The quantitative estimate of drug-likeness (QED) is 0.556. The van der Waals surface area contributed by atoms with E-state index >= 15 is 0 Å². The summed E-state index contributed by atoms with van der Waals surface area (Å²) in [7, 11) is 0. The number of hydrogen-bond acceptors (Lipinski definition) is 5. The minimum Gasteiger partial charge on any atom is -0.479 e. The molecule has 1 aliphatic rings. The van der Waals surface area contributed by atoms with Gasteiger partial charge in [-0.15, -0.1) is 6.42 Å². The van der Waals surface area contributed by atoms with Crippen molar-refractivity contribution >= 4 is 46.5 Å². The normalized spacial score (nSPS) is 15.4. The van der Waals surface area contributed by atoms with Crippen LogP contribution in [0.5, 0.6) is 5.75 Å². The van der Waals surface area contributed by atoms with Crippen LogP contribution in [0, 0.1) is 18.3 Å². The topological polar surface area (TPSA) is 75.7 Å². The fraction of sp³-hybridized carbons (Fsp3) is 0.316. The minimum absolute atomic E-state index is 0.0941. The third-order valence-electron chi connectivity index (χ3n) is 3.45. The van der Waals surface area contributed by atoms with E-state index in [1.54, 1.807) is 24.3 Å². The first-order valence-corrected chi connectivity index (χ1v) is 9.39. The molecule has 27 heavy (non-hydrogen) atoms. The molecule has 6 nitrogen and oxygen atoms in total. The molecule has 2 rings (SSSR count). The van der Waals surface area contributed by atoms with Crippen molar-refractivity contribution < 1.29 is 19.1 Å². The van der Waals surface area contributed by atoms with Gasteiger partial charge in [-0.25, -0.2) is 0 Å². The van der Waals surface area contributed by atoms with Crippen LogP contribution >= 0.6 is 23.4 Å². The minimum atomic E-state index is -0.506. The molecule has 1 aromatic rings. The van der Waals surface area contributed by atoms with Gasteiger partial charge in [-0.3, -0.25) is 19.3 Å². The number of nitrogens with one attached hydrogen (secondary N) is 1. The zero-order valence-corrected chi connectivity index (χ0v) is 16.5. The Kier molecular flexibility index (Phi) is 7.34. The molecule has 1 aromatic carbocycles. The Balaban J connectivity index is 2.08. The molecule has 1 N–H and O–H groups in total. The number of nitrogens with zero attached hydrogens (tertiary/aromatic N) is 1. The van der Waals surface area contributed by atoms with Gasteiger partial charge in [0, 0.05) is 6.54 Å². The first-order chi connectivity index (χ1) is 12.8. The van der Waals surface area contributed by atoms with Crippen LogP contribution in [0.25, 0.3) is 6.08 Å². The van der Waals surface area contributed by atoms with E-state index in [4.69, 9.17) is 22.8 Å². The number of imide groups is 1. The van der Waals surface area contributed by atoms with Gasteiger partial charge >= 0.3 is 0 Å². The van der Waals surface area contributed by atoms with Gasteiger partial charge < -0.3 is 10.1 Å². The first kappa shape index (κ1) is 20.9.